The van der Waals surface area contributed by atoms with Crippen LogP contribution in [0.15, 0.2) is 29.3 Å². The van der Waals surface area contributed by atoms with Gasteiger partial charge in [0.15, 0.2) is 5.96 Å². The first-order valence-electron chi connectivity index (χ1n) is 11.4. The molecule has 6 heteroatoms. The predicted molar refractivity (Wildman–Crippen MR) is 124 cm³/mol. The standard InChI is InChI=1S/C24H40N4O2/c1-5-19(3)28-22(29)21-11-9-10-20(16-21)17-26-23(25-4)27-18-24(12-7-8-13-24)14-15-30-6-2/h9-11,16,19H,5-8,12-15,17-18H2,1-4H3,(H,28,29)(H2,25,26,27). The van der Waals surface area contributed by atoms with Gasteiger partial charge in [-0.05, 0) is 62.6 Å². The van der Waals surface area contributed by atoms with Gasteiger partial charge < -0.3 is 20.7 Å². The summed E-state index contributed by atoms with van der Waals surface area (Å²) in [5.41, 5.74) is 2.06. The molecule has 1 saturated carbocycles. The second kappa shape index (κ2) is 12.6. The van der Waals surface area contributed by atoms with Crippen molar-refractivity contribution in [3.05, 3.63) is 35.4 Å². The highest BCUT2D eigenvalue weighted by Gasteiger charge is 2.33. The summed E-state index contributed by atoms with van der Waals surface area (Å²) in [5.74, 6) is 0.776. The molecule has 30 heavy (non-hydrogen) atoms. The van der Waals surface area contributed by atoms with Crippen molar-refractivity contribution >= 4 is 11.9 Å². The molecular formula is C24H40N4O2. The Hall–Kier alpha value is -2.08. The van der Waals surface area contributed by atoms with Crippen molar-refractivity contribution in [3.8, 4) is 0 Å². The number of ether oxygens (including phenoxy) is 1. The molecule has 1 amide bonds. The zero-order valence-corrected chi connectivity index (χ0v) is 19.2. The van der Waals surface area contributed by atoms with Gasteiger partial charge in [0, 0.05) is 45.0 Å². The fourth-order valence-electron chi connectivity index (χ4n) is 3.98. The van der Waals surface area contributed by atoms with E-state index in [0.717, 1.165) is 44.1 Å². The third-order valence-corrected chi connectivity index (χ3v) is 6.14. The Labute approximate surface area is 182 Å². The second-order valence-corrected chi connectivity index (χ2v) is 8.42. The first-order valence-corrected chi connectivity index (χ1v) is 11.4. The number of carbonyl (C=O) groups excluding carboxylic acids is 1. The summed E-state index contributed by atoms with van der Waals surface area (Å²) < 4.78 is 5.61. The molecule has 1 aliphatic carbocycles. The van der Waals surface area contributed by atoms with Gasteiger partial charge in [0.25, 0.3) is 5.91 Å². The average molecular weight is 417 g/mol. The van der Waals surface area contributed by atoms with Gasteiger partial charge in [0.1, 0.15) is 0 Å². The van der Waals surface area contributed by atoms with E-state index >= 15 is 0 Å². The van der Waals surface area contributed by atoms with E-state index in [2.05, 4.69) is 27.9 Å². The highest BCUT2D eigenvalue weighted by atomic mass is 16.5. The average Bonchev–Trinajstić information content (AvgIpc) is 3.23. The third-order valence-electron chi connectivity index (χ3n) is 6.14. The van der Waals surface area contributed by atoms with Gasteiger partial charge in [-0.15, -0.1) is 0 Å². The molecule has 0 aromatic heterocycles. The van der Waals surface area contributed by atoms with Gasteiger partial charge in [0.2, 0.25) is 0 Å². The topological polar surface area (TPSA) is 74.8 Å². The van der Waals surface area contributed by atoms with E-state index in [4.69, 9.17) is 4.74 Å². The van der Waals surface area contributed by atoms with Gasteiger partial charge in [-0.1, -0.05) is 31.9 Å². The van der Waals surface area contributed by atoms with Crippen LogP contribution in [-0.4, -0.2) is 44.7 Å². The van der Waals surface area contributed by atoms with Crippen LogP contribution in [0.4, 0.5) is 0 Å². The zero-order valence-electron chi connectivity index (χ0n) is 19.2. The maximum absolute atomic E-state index is 12.4. The van der Waals surface area contributed by atoms with Gasteiger partial charge >= 0.3 is 0 Å². The molecule has 1 aromatic carbocycles. The van der Waals surface area contributed by atoms with Crippen molar-refractivity contribution in [2.24, 2.45) is 10.4 Å². The maximum Gasteiger partial charge on any atom is 0.251 e. The molecule has 6 nitrogen and oxygen atoms in total. The molecule has 1 aliphatic rings. The molecule has 0 aliphatic heterocycles. The Balaban J connectivity index is 1.88. The van der Waals surface area contributed by atoms with Crippen LogP contribution >= 0.6 is 0 Å². The largest absolute Gasteiger partial charge is 0.382 e. The number of benzene rings is 1. The van der Waals surface area contributed by atoms with Crippen molar-refractivity contribution in [1.29, 1.82) is 0 Å². The molecule has 2 rings (SSSR count). The molecule has 3 N–H and O–H groups in total. The van der Waals surface area contributed by atoms with Gasteiger partial charge in [0.05, 0.1) is 0 Å². The van der Waals surface area contributed by atoms with E-state index in [9.17, 15) is 4.79 Å². The third kappa shape index (κ3) is 7.63. The maximum atomic E-state index is 12.4. The van der Waals surface area contributed by atoms with Gasteiger partial charge in [-0.3, -0.25) is 9.79 Å². The number of aliphatic imine (C=N–C) groups is 1. The Kier molecular flexibility index (Phi) is 10.1. The van der Waals surface area contributed by atoms with Crippen molar-refractivity contribution in [1.82, 2.24) is 16.0 Å². The molecule has 0 heterocycles. The lowest BCUT2D eigenvalue weighted by molar-refractivity contribution is 0.0939. The van der Waals surface area contributed by atoms with Crippen LogP contribution in [0.2, 0.25) is 0 Å². The van der Waals surface area contributed by atoms with E-state index in [0.29, 0.717) is 17.5 Å². The lowest BCUT2D eigenvalue weighted by Gasteiger charge is -2.30. The van der Waals surface area contributed by atoms with Crippen LogP contribution in [0.3, 0.4) is 0 Å². The summed E-state index contributed by atoms with van der Waals surface area (Å²) in [4.78, 5) is 16.8. The summed E-state index contributed by atoms with van der Waals surface area (Å²) in [7, 11) is 1.80. The smallest absolute Gasteiger partial charge is 0.251 e. The monoisotopic (exact) mass is 416 g/mol. The SMILES string of the molecule is CCOCCC1(CNC(=NC)NCc2cccc(C(=O)NC(C)CC)c2)CCCC1. The summed E-state index contributed by atoms with van der Waals surface area (Å²) in [6.07, 6.45) is 7.10. The molecule has 1 aromatic rings. The Morgan fingerprint density at radius 1 is 1.23 bits per heavy atom. The van der Waals surface area contributed by atoms with Gasteiger partial charge in [-0.2, -0.15) is 0 Å². The molecule has 0 bridgehead atoms. The Bertz CT molecular complexity index is 684. The second-order valence-electron chi connectivity index (χ2n) is 8.42. The predicted octanol–water partition coefficient (Wildman–Crippen LogP) is 3.87. The lowest BCUT2D eigenvalue weighted by atomic mass is 9.83. The van der Waals surface area contributed by atoms with E-state index in [1.165, 1.54) is 25.7 Å². The van der Waals surface area contributed by atoms with Crippen LogP contribution in [-0.2, 0) is 11.3 Å². The quantitative estimate of drug-likeness (QED) is 0.291. The number of amides is 1. The molecule has 0 radical (unpaired) electrons. The summed E-state index contributed by atoms with van der Waals surface area (Å²) in [6, 6.07) is 7.93. The lowest BCUT2D eigenvalue weighted by Crippen LogP contribution is -2.43. The van der Waals surface area contributed by atoms with Crippen molar-refractivity contribution < 1.29 is 9.53 Å². The molecule has 1 unspecified atom stereocenters. The van der Waals surface area contributed by atoms with E-state index in [-0.39, 0.29) is 11.9 Å². The Morgan fingerprint density at radius 2 is 2.00 bits per heavy atom. The van der Waals surface area contributed by atoms with Crippen LogP contribution in [0.1, 0.15) is 75.2 Å². The van der Waals surface area contributed by atoms with Crippen molar-refractivity contribution in [2.45, 2.75) is 71.9 Å². The van der Waals surface area contributed by atoms with E-state index in [1.807, 2.05) is 38.1 Å². The minimum atomic E-state index is -0.0221. The molecule has 1 atom stereocenters. The Morgan fingerprint density at radius 3 is 2.67 bits per heavy atom. The fourth-order valence-corrected chi connectivity index (χ4v) is 3.98. The highest BCUT2D eigenvalue weighted by molar-refractivity contribution is 5.94. The minimum Gasteiger partial charge on any atom is -0.382 e. The first kappa shape index (κ1) is 24.2. The zero-order chi connectivity index (χ0) is 21.8. The number of nitrogens with one attached hydrogen (secondary N) is 3. The van der Waals surface area contributed by atoms with Crippen LogP contribution in [0.5, 0.6) is 0 Å². The fraction of sp³-hybridized carbons (Fsp3) is 0.667. The highest BCUT2D eigenvalue weighted by Crippen LogP contribution is 2.40. The number of guanidine groups is 1. The van der Waals surface area contributed by atoms with Crippen molar-refractivity contribution in [3.63, 3.8) is 0 Å². The molecular weight excluding hydrogens is 376 g/mol. The molecule has 168 valence electrons. The minimum absolute atomic E-state index is 0.0221. The molecule has 0 saturated heterocycles. The van der Waals surface area contributed by atoms with Crippen LogP contribution in [0.25, 0.3) is 0 Å². The number of hydrogen-bond acceptors (Lipinski definition) is 3. The number of rotatable bonds is 11. The number of nitrogens with zero attached hydrogens (tertiary/aromatic N) is 1. The van der Waals surface area contributed by atoms with E-state index < -0.39 is 0 Å². The summed E-state index contributed by atoms with van der Waals surface area (Å²) >= 11 is 0. The molecule has 1 fully saturated rings. The number of carbonyl (C=O) groups is 1. The van der Waals surface area contributed by atoms with Crippen LogP contribution in [0, 0.1) is 5.41 Å². The van der Waals surface area contributed by atoms with E-state index in [1.54, 1.807) is 7.05 Å². The molecule has 0 spiro atoms. The van der Waals surface area contributed by atoms with Crippen molar-refractivity contribution in [2.75, 3.05) is 26.8 Å². The van der Waals surface area contributed by atoms with Gasteiger partial charge in [-0.25, -0.2) is 0 Å². The first-order chi connectivity index (χ1) is 14.5. The van der Waals surface area contributed by atoms with Crippen LogP contribution < -0.4 is 16.0 Å². The normalized spacial score (nSPS) is 16.9. The summed E-state index contributed by atoms with van der Waals surface area (Å²) in [6.45, 7) is 9.28. The summed E-state index contributed by atoms with van der Waals surface area (Å²) in [5, 5.41) is 9.93. The number of hydrogen-bond donors (Lipinski definition) is 3.